The first-order valence-electron chi connectivity index (χ1n) is 6.93. The van der Waals surface area contributed by atoms with Gasteiger partial charge in [-0.2, -0.15) is 0 Å². The van der Waals surface area contributed by atoms with E-state index in [1.54, 1.807) is 17.5 Å². The van der Waals surface area contributed by atoms with Crippen LogP contribution in [0.25, 0.3) is 10.7 Å². The lowest BCUT2D eigenvalue weighted by atomic mass is 10.3. The number of thiazole rings is 1. The summed E-state index contributed by atoms with van der Waals surface area (Å²) in [7, 11) is 0. The minimum absolute atomic E-state index is 0.0119. The van der Waals surface area contributed by atoms with Gasteiger partial charge in [-0.1, -0.05) is 12.1 Å². The Labute approximate surface area is 136 Å². The second-order valence-electron chi connectivity index (χ2n) is 4.73. The van der Waals surface area contributed by atoms with Gasteiger partial charge in [-0.05, 0) is 30.5 Å². The monoisotopic (exact) mass is 329 g/mol. The molecule has 0 saturated carbocycles. The molecule has 0 atom stereocenters. The van der Waals surface area contributed by atoms with Crippen molar-refractivity contribution in [3.8, 4) is 10.7 Å². The molecule has 0 saturated heterocycles. The van der Waals surface area contributed by atoms with Crippen molar-refractivity contribution in [2.45, 2.75) is 13.3 Å². The molecule has 6 heteroatoms. The third-order valence-corrected chi connectivity index (χ3v) is 5.27. The highest BCUT2D eigenvalue weighted by Gasteiger charge is 2.11. The fourth-order valence-electron chi connectivity index (χ4n) is 2.04. The smallest absolute Gasteiger partial charge is 0.261 e. The van der Waals surface area contributed by atoms with Gasteiger partial charge in [0.25, 0.3) is 5.91 Å². The van der Waals surface area contributed by atoms with Crippen LogP contribution in [-0.4, -0.2) is 22.4 Å². The summed E-state index contributed by atoms with van der Waals surface area (Å²) in [6, 6.07) is 9.52. The fraction of sp³-hybridized carbons (Fsp3) is 0.188. The van der Waals surface area contributed by atoms with E-state index in [0.29, 0.717) is 6.54 Å². The molecule has 0 spiro atoms. The van der Waals surface area contributed by atoms with Gasteiger partial charge in [0.2, 0.25) is 0 Å². The molecular weight excluding hydrogens is 314 g/mol. The number of nitrogens with zero attached hydrogens (tertiary/aromatic N) is 2. The minimum atomic E-state index is -0.0119. The number of carbonyl (C=O) groups is 1. The number of pyridine rings is 1. The molecule has 22 heavy (non-hydrogen) atoms. The van der Waals surface area contributed by atoms with Gasteiger partial charge in [0.1, 0.15) is 5.01 Å². The molecule has 0 aliphatic carbocycles. The zero-order chi connectivity index (χ0) is 15.4. The second-order valence-corrected chi connectivity index (χ2v) is 6.76. The fourth-order valence-corrected chi connectivity index (χ4v) is 3.72. The van der Waals surface area contributed by atoms with Crippen LogP contribution in [0.15, 0.2) is 41.9 Å². The molecule has 0 aliphatic heterocycles. The Kier molecular flexibility index (Phi) is 4.60. The standard InChI is InChI=1S/C16H15N3OS2/c1-11-13(7-9-18-15(20)14-6-4-10-21-14)22-16(19-11)12-5-2-3-8-17-12/h2-6,8,10H,7,9H2,1H3,(H,18,20). The number of amides is 1. The summed E-state index contributed by atoms with van der Waals surface area (Å²) >= 11 is 3.09. The average Bonchev–Trinajstić information content (AvgIpc) is 3.18. The van der Waals surface area contributed by atoms with Crippen molar-refractivity contribution < 1.29 is 4.79 Å². The molecule has 3 heterocycles. The molecule has 1 N–H and O–H groups in total. The van der Waals surface area contributed by atoms with Crippen molar-refractivity contribution in [1.29, 1.82) is 0 Å². The Morgan fingerprint density at radius 2 is 2.18 bits per heavy atom. The summed E-state index contributed by atoms with van der Waals surface area (Å²) in [5.74, 6) is -0.0119. The van der Waals surface area contributed by atoms with Crippen molar-refractivity contribution >= 4 is 28.6 Å². The molecule has 0 radical (unpaired) electrons. The van der Waals surface area contributed by atoms with Gasteiger partial charge < -0.3 is 5.32 Å². The lowest BCUT2D eigenvalue weighted by Crippen LogP contribution is -2.24. The normalized spacial score (nSPS) is 10.6. The predicted octanol–water partition coefficient (Wildman–Crippen LogP) is 3.55. The van der Waals surface area contributed by atoms with E-state index in [1.807, 2.05) is 42.6 Å². The van der Waals surface area contributed by atoms with E-state index in [0.717, 1.165) is 27.7 Å². The predicted molar refractivity (Wildman–Crippen MR) is 90.4 cm³/mol. The summed E-state index contributed by atoms with van der Waals surface area (Å²) in [4.78, 5) is 22.7. The molecule has 3 rings (SSSR count). The first kappa shape index (κ1) is 14.9. The minimum Gasteiger partial charge on any atom is -0.351 e. The van der Waals surface area contributed by atoms with Crippen LogP contribution in [0, 0.1) is 6.92 Å². The zero-order valence-corrected chi connectivity index (χ0v) is 13.7. The third-order valence-electron chi connectivity index (χ3n) is 3.16. The zero-order valence-electron chi connectivity index (χ0n) is 12.1. The number of hydrogen-bond acceptors (Lipinski definition) is 5. The van der Waals surface area contributed by atoms with Crippen LogP contribution in [0.5, 0.6) is 0 Å². The van der Waals surface area contributed by atoms with E-state index < -0.39 is 0 Å². The highest BCUT2D eigenvalue weighted by Crippen LogP contribution is 2.26. The Morgan fingerprint density at radius 1 is 1.27 bits per heavy atom. The molecular formula is C16H15N3OS2. The topological polar surface area (TPSA) is 54.9 Å². The molecule has 0 fully saturated rings. The van der Waals surface area contributed by atoms with Crippen LogP contribution in [-0.2, 0) is 6.42 Å². The van der Waals surface area contributed by atoms with Crippen molar-refractivity contribution in [2.24, 2.45) is 0 Å². The maximum absolute atomic E-state index is 11.9. The summed E-state index contributed by atoms with van der Waals surface area (Å²) in [5, 5.41) is 5.78. The molecule has 0 aliphatic rings. The molecule has 112 valence electrons. The molecule has 0 aromatic carbocycles. The Bertz CT molecular complexity index is 751. The number of carbonyl (C=O) groups excluding carboxylic acids is 1. The van der Waals surface area contributed by atoms with E-state index in [2.05, 4.69) is 15.3 Å². The number of aromatic nitrogens is 2. The van der Waals surface area contributed by atoms with Gasteiger partial charge in [-0.25, -0.2) is 4.98 Å². The summed E-state index contributed by atoms with van der Waals surface area (Å²) in [6.07, 6.45) is 2.56. The van der Waals surface area contributed by atoms with E-state index in [1.165, 1.54) is 16.2 Å². The summed E-state index contributed by atoms with van der Waals surface area (Å²) in [5.41, 5.74) is 1.90. The van der Waals surface area contributed by atoms with Crippen molar-refractivity contribution in [3.63, 3.8) is 0 Å². The Morgan fingerprint density at radius 3 is 2.91 bits per heavy atom. The van der Waals surface area contributed by atoms with Crippen LogP contribution < -0.4 is 5.32 Å². The van der Waals surface area contributed by atoms with E-state index in [4.69, 9.17) is 0 Å². The van der Waals surface area contributed by atoms with Crippen LogP contribution in [0.2, 0.25) is 0 Å². The summed E-state index contributed by atoms with van der Waals surface area (Å²) < 4.78 is 0. The SMILES string of the molecule is Cc1nc(-c2ccccn2)sc1CCNC(=O)c1cccs1. The molecule has 4 nitrogen and oxygen atoms in total. The Balaban J connectivity index is 1.61. The number of hydrogen-bond donors (Lipinski definition) is 1. The molecule has 0 unspecified atom stereocenters. The van der Waals surface area contributed by atoms with Crippen molar-refractivity contribution in [2.75, 3.05) is 6.54 Å². The van der Waals surface area contributed by atoms with Gasteiger partial charge in [-0.3, -0.25) is 9.78 Å². The second kappa shape index (κ2) is 6.81. The maximum Gasteiger partial charge on any atom is 0.261 e. The van der Waals surface area contributed by atoms with Crippen molar-refractivity contribution in [1.82, 2.24) is 15.3 Å². The van der Waals surface area contributed by atoms with Gasteiger partial charge in [-0.15, -0.1) is 22.7 Å². The number of thiophene rings is 1. The van der Waals surface area contributed by atoms with Gasteiger partial charge in [0.05, 0.1) is 16.3 Å². The largest absolute Gasteiger partial charge is 0.351 e. The number of nitrogens with one attached hydrogen (secondary N) is 1. The van der Waals surface area contributed by atoms with Crippen LogP contribution in [0.1, 0.15) is 20.2 Å². The first-order valence-corrected chi connectivity index (χ1v) is 8.63. The first-order chi connectivity index (χ1) is 10.7. The Hall–Kier alpha value is -2.05. The van der Waals surface area contributed by atoms with Crippen LogP contribution in [0.3, 0.4) is 0 Å². The summed E-state index contributed by atoms with van der Waals surface area (Å²) in [6.45, 7) is 2.61. The van der Waals surface area contributed by atoms with Crippen LogP contribution in [0.4, 0.5) is 0 Å². The molecule has 1 amide bonds. The van der Waals surface area contributed by atoms with Gasteiger partial charge in [0, 0.05) is 24.0 Å². The highest BCUT2D eigenvalue weighted by atomic mass is 32.1. The lowest BCUT2D eigenvalue weighted by Gasteiger charge is -2.02. The number of aryl methyl sites for hydroxylation is 1. The van der Waals surface area contributed by atoms with E-state index in [9.17, 15) is 4.79 Å². The van der Waals surface area contributed by atoms with E-state index >= 15 is 0 Å². The molecule has 3 aromatic heterocycles. The van der Waals surface area contributed by atoms with Gasteiger partial charge >= 0.3 is 0 Å². The molecule has 3 aromatic rings. The lowest BCUT2D eigenvalue weighted by molar-refractivity contribution is 0.0958. The number of rotatable bonds is 5. The van der Waals surface area contributed by atoms with Gasteiger partial charge in [0.15, 0.2) is 0 Å². The maximum atomic E-state index is 11.9. The average molecular weight is 329 g/mol. The van der Waals surface area contributed by atoms with E-state index in [-0.39, 0.29) is 5.91 Å². The highest BCUT2D eigenvalue weighted by molar-refractivity contribution is 7.15. The molecule has 0 bridgehead atoms. The van der Waals surface area contributed by atoms with Crippen molar-refractivity contribution in [3.05, 3.63) is 57.4 Å². The third kappa shape index (κ3) is 3.40. The van der Waals surface area contributed by atoms with Crippen LogP contribution >= 0.6 is 22.7 Å². The quantitative estimate of drug-likeness (QED) is 0.779.